The minimum Gasteiger partial charge on any atom is -0.507 e. The van der Waals surface area contributed by atoms with E-state index in [0.717, 1.165) is 23.3 Å². The fourth-order valence-electron chi connectivity index (χ4n) is 4.48. The van der Waals surface area contributed by atoms with Gasteiger partial charge >= 0.3 is 0 Å². The first-order valence-electron chi connectivity index (χ1n) is 10.8. The molecule has 33 heavy (non-hydrogen) atoms. The van der Waals surface area contributed by atoms with Gasteiger partial charge < -0.3 is 14.6 Å². The standard InChI is InChI=1S/C27H23NO5/c1-16-7-10-19(11-8-16)28-24(20-5-3-4-6-22(20)32-2)23(26(30)27(28)31)25(29)18-9-12-21-17(15-18)13-14-33-21/h3-12,15,24,29H,13-14H2,1-2H3/b25-23+. The Morgan fingerprint density at radius 1 is 1.06 bits per heavy atom. The van der Waals surface area contributed by atoms with Gasteiger partial charge in [-0.15, -0.1) is 0 Å². The summed E-state index contributed by atoms with van der Waals surface area (Å²) < 4.78 is 11.1. The largest absolute Gasteiger partial charge is 0.507 e. The van der Waals surface area contributed by atoms with E-state index in [1.165, 1.54) is 12.0 Å². The van der Waals surface area contributed by atoms with Crippen LogP contribution in [0.15, 0.2) is 72.3 Å². The van der Waals surface area contributed by atoms with E-state index in [9.17, 15) is 14.7 Å². The van der Waals surface area contributed by atoms with Crippen LogP contribution in [0.4, 0.5) is 5.69 Å². The number of hydrogen-bond acceptors (Lipinski definition) is 5. The topological polar surface area (TPSA) is 76.1 Å². The fourth-order valence-corrected chi connectivity index (χ4v) is 4.48. The number of benzene rings is 3. The van der Waals surface area contributed by atoms with Crippen molar-refractivity contribution in [3.63, 3.8) is 0 Å². The number of methoxy groups -OCH3 is 1. The first-order chi connectivity index (χ1) is 16.0. The number of rotatable bonds is 4. The molecule has 2 aliphatic heterocycles. The second-order valence-corrected chi connectivity index (χ2v) is 8.17. The summed E-state index contributed by atoms with van der Waals surface area (Å²) in [4.78, 5) is 28.0. The number of aliphatic hydroxyl groups excluding tert-OH is 1. The molecule has 1 saturated heterocycles. The number of nitrogens with zero attached hydrogens (tertiary/aromatic N) is 1. The summed E-state index contributed by atoms with van der Waals surface area (Å²) in [7, 11) is 1.54. The molecule has 0 aliphatic carbocycles. The quantitative estimate of drug-likeness (QED) is 0.365. The Kier molecular flexibility index (Phi) is 5.13. The molecular weight excluding hydrogens is 418 g/mol. The van der Waals surface area contributed by atoms with Crippen LogP contribution in [-0.2, 0) is 16.0 Å². The lowest BCUT2D eigenvalue weighted by Gasteiger charge is -2.26. The monoisotopic (exact) mass is 441 g/mol. The van der Waals surface area contributed by atoms with Crippen LogP contribution < -0.4 is 14.4 Å². The number of anilines is 1. The number of Topliss-reactive ketones (excluding diaryl/α,β-unsaturated/α-hetero) is 1. The van der Waals surface area contributed by atoms with Crippen LogP contribution >= 0.6 is 0 Å². The van der Waals surface area contributed by atoms with E-state index < -0.39 is 17.7 Å². The zero-order valence-corrected chi connectivity index (χ0v) is 18.4. The number of carbonyl (C=O) groups is 2. The maximum absolute atomic E-state index is 13.3. The van der Waals surface area contributed by atoms with Gasteiger partial charge in [-0.1, -0.05) is 35.9 Å². The maximum Gasteiger partial charge on any atom is 0.300 e. The van der Waals surface area contributed by atoms with E-state index in [4.69, 9.17) is 9.47 Å². The summed E-state index contributed by atoms with van der Waals surface area (Å²) in [5.74, 6) is -0.349. The van der Waals surface area contributed by atoms with Crippen LogP contribution in [0.2, 0.25) is 0 Å². The molecule has 2 aliphatic rings. The van der Waals surface area contributed by atoms with Gasteiger partial charge in [0.2, 0.25) is 0 Å². The van der Waals surface area contributed by atoms with Crippen LogP contribution in [0.25, 0.3) is 5.76 Å². The first kappa shape index (κ1) is 20.8. The van der Waals surface area contributed by atoms with Crippen LogP contribution in [0.1, 0.15) is 28.3 Å². The molecule has 166 valence electrons. The molecule has 5 rings (SSSR count). The number of amides is 1. The van der Waals surface area contributed by atoms with Crippen LogP contribution in [0.3, 0.4) is 0 Å². The van der Waals surface area contributed by atoms with Gasteiger partial charge in [-0.25, -0.2) is 0 Å². The van der Waals surface area contributed by atoms with E-state index in [-0.39, 0.29) is 11.3 Å². The molecule has 6 nitrogen and oxygen atoms in total. The van der Waals surface area contributed by atoms with Crippen molar-refractivity contribution in [3.05, 3.63) is 94.6 Å². The molecule has 1 unspecified atom stereocenters. The summed E-state index contributed by atoms with van der Waals surface area (Å²) >= 11 is 0. The Hall–Kier alpha value is -4.06. The van der Waals surface area contributed by atoms with Crippen LogP contribution in [0.5, 0.6) is 11.5 Å². The normalized spacial score (nSPS) is 18.8. The SMILES string of the molecule is COc1ccccc1C1/C(=C(\O)c2ccc3c(c2)CCO3)C(=O)C(=O)N1c1ccc(C)cc1. The molecular formula is C27H23NO5. The summed E-state index contributed by atoms with van der Waals surface area (Å²) in [6, 6.07) is 19.1. The average Bonchev–Trinajstić information content (AvgIpc) is 3.41. The number of carbonyl (C=O) groups excluding carboxylic acids is 2. The Labute approximate surface area is 191 Å². The number of para-hydroxylation sites is 1. The zero-order chi connectivity index (χ0) is 23.1. The van der Waals surface area contributed by atoms with E-state index in [2.05, 4.69) is 0 Å². The van der Waals surface area contributed by atoms with E-state index in [0.29, 0.717) is 29.2 Å². The number of fused-ring (bicyclic) bond motifs is 1. The average molecular weight is 441 g/mol. The highest BCUT2D eigenvalue weighted by Gasteiger charge is 2.47. The van der Waals surface area contributed by atoms with E-state index in [1.807, 2.05) is 37.3 Å². The van der Waals surface area contributed by atoms with Gasteiger partial charge in [-0.3, -0.25) is 14.5 Å². The third kappa shape index (κ3) is 3.44. The first-order valence-corrected chi connectivity index (χ1v) is 10.8. The molecule has 1 atom stereocenters. The molecule has 6 heteroatoms. The lowest BCUT2D eigenvalue weighted by molar-refractivity contribution is -0.132. The Morgan fingerprint density at radius 3 is 2.58 bits per heavy atom. The number of aliphatic hydroxyl groups is 1. The van der Waals surface area contributed by atoms with Gasteiger partial charge in [-0.2, -0.15) is 0 Å². The number of ether oxygens (including phenoxy) is 2. The molecule has 0 saturated carbocycles. The summed E-state index contributed by atoms with van der Waals surface area (Å²) in [5.41, 5.74) is 3.68. The molecule has 3 aromatic carbocycles. The minimum atomic E-state index is -0.839. The Balaban J connectivity index is 1.73. The second-order valence-electron chi connectivity index (χ2n) is 8.17. The second kappa shape index (κ2) is 8.13. The Morgan fingerprint density at radius 2 is 1.82 bits per heavy atom. The van der Waals surface area contributed by atoms with Gasteiger partial charge in [0.05, 0.1) is 25.3 Å². The highest BCUT2D eigenvalue weighted by molar-refractivity contribution is 6.51. The molecule has 2 heterocycles. The van der Waals surface area contributed by atoms with Crippen molar-refractivity contribution in [2.24, 2.45) is 0 Å². The highest BCUT2D eigenvalue weighted by atomic mass is 16.5. The van der Waals surface area contributed by atoms with Crippen molar-refractivity contribution in [1.82, 2.24) is 0 Å². The van der Waals surface area contributed by atoms with Crippen molar-refractivity contribution in [2.75, 3.05) is 18.6 Å². The van der Waals surface area contributed by atoms with Gasteiger partial charge in [-0.05, 0) is 48.9 Å². The predicted molar refractivity (Wildman–Crippen MR) is 125 cm³/mol. The van der Waals surface area contributed by atoms with Gasteiger partial charge in [0.15, 0.2) is 0 Å². The van der Waals surface area contributed by atoms with Gasteiger partial charge in [0.25, 0.3) is 11.7 Å². The lowest BCUT2D eigenvalue weighted by atomic mass is 9.93. The molecule has 1 fully saturated rings. The summed E-state index contributed by atoms with van der Waals surface area (Å²) in [5, 5.41) is 11.3. The summed E-state index contributed by atoms with van der Waals surface area (Å²) in [6.45, 7) is 2.53. The predicted octanol–water partition coefficient (Wildman–Crippen LogP) is 4.56. The van der Waals surface area contributed by atoms with Crippen molar-refractivity contribution in [1.29, 1.82) is 0 Å². The van der Waals surface area contributed by atoms with Crippen LogP contribution in [0, 0.1) is 6.92 Å². The van der Waals surface area contributed by atoms with Crippen LogP contribution in [-0.4, -0.2) is 30.5 Å². The minimum absolute atomic E-state index is 0.0314. The number of hydrogen-bond donors (Lipinski definition) is 1. The van der Waals surface area contributed by atoms with Crippen molar-refractivity contribution >= 4 is 23.1 Å². The highest BCUT2D eigenvalue weighted by Crippen LogP contribution is 2.45. The zero-order valence-electron chi connectivity index (χ0n) is 18.4. The van der Waals surface area contributed by atoms with E-state index in [1.54, 1.807) is 36.4 Å². The third-order valence-corrected chi connectivity index (χ3v) is 6.15. The van der Waals surface area contributed by atoms with Crippen molar-refractivity contribution < 1.29 is 24.2 Å². The number of aryl methyl sites for hydroxylation is 1. The summed E-state index contributed by atoms with van der Waals surface area (Å²) in [6.07, 6.45) is 0.726. The van der Waals surface area contributed by atoms with Gasteiger partial charge in [0, 0.05) is 23.2 Å². The molecule has 1 amide bonds. The molecule has 0 radical (unpaired) electrons. The molecule has 1 N–H and O–H groups in total. The van der Waals surface area contributed by atoms with Crippen molar-refractivity contribution in [2.45, 2.75) is 19.4 Å². The Bertz CT molecular complexity index is 1290. The molecule has 0 spiro atoms. The smallest absolute Gasteiger partial charge is 0.300 e. The third-order valence-electron chi connectivity index (χ3n) is 6.15. The van der Waals surface area contributed by atoms with Crippen molar-refractivity contribution in [3.8, 4) is 11.5 Å². The lowest BCUT2D eigenvalue weighted by Crippen LogP contribution is -2.29. The van der Waals surface area contributed by atoms with Gasteiger partial charge in [0.1, 0.15) is 17.3 Å². The molecule has 0 bridgehead atoms. The van der Waals surface area contributed by atoms with E-state index >= 15 is 0 Å². The molecule has 0 aromatic heterocycles. The molecule has 3 aromatic rings. The number of ketones is 1. The fraction of sp³-hybridized carbons (Fsp3) is 0.185. The maximum atomic E-state index is 13.3.